The third-order valence-corrected chi connectivity index (χ3v) is 5.46. The van der Waals surface area contributed by atoms with Crippen LogP contribution in [-0.2, 0) is 0 Å². The molecule has 0 radical (unpaired) electrons. The molecule has 0 amide bonds. The molecule has 3 aromatic carbocycles. The Morgan fingerprint density at radius 1 is 0.857 bits per heavy atom. The monoisotopic (exact) mass is 370 g/mol. The lowest BCUT2D eigenvalue weighted by Gasteiger charge is -2.24. The first-order chi connectivity index (χ1) is 13.6. The lowest BCUT2D eigenvalue weighted by molar-refractivity contribution is -0.531. The van der Waals surface area contributed by atoms with Gasteiger partial charge in [-0.2, -0.15) is 0 Å². The predicted molar refractivity (Wildman–Crippen MR) is 112 cm³/mol. The van der Waals surface area contributed by atoms with E-state index in [0.717, 1.165) is 33.3 Å². The van der Waals surface area contributed by atoms with E-state index in [1.165, 1.54) is 0 Å². The molecular formula is C24H22N2O2. The second-order valence-electron chi connectivity index (χ2n) is 7.18. The van der Waals surface area contributed by atoms with E-state index in [1.54, 1.807) is 0 Å². The zero-order chi connectivity index (χ0) is 19.7. The summed E-state index contributed by atoms with van der Waals surface area (Å²) >= 11 is 0. The van der Waals surface area contributed by atoms with Crippen LogP contribution in [0.2, 0.25) is 0 Å². The molecule has 4 aromatic rings. The van der Waals surface area contributed by atoms with Crippen molar-refractivity contribution in [1.82, 2.24) is 4.98 Å². The maximum Gasteiger partial charge on any atom is 0.248 e. The number of nitrogens with one attached hydrogen (secondary N) is 1. The van der Waals surface area contributed by atoms with E-state index in [4.69, 9.17) is 0 Å². The third kappa shape index (κ3) is 3.07. The number of nitro groups is 1. The van der Waals surface area contributed by atoms with Gasteiger partial charge in [-0.15, -0.1) is 0 Å². The molecule has 0 aliphatic rings. The van der Waals surface area contributed by atoms with Gasteiger partial charge >= 0.3 is 0 Å². The molecule has 4 rings (SSSR count). The Labute approximate surface area is 164 Å². The van der Waals surface area contributed by atoms with E-state index in [-0.39, 0.29) is 4.92 Å². The Morgan fingerprint density at radius 2 is 1.50 bits per heavy atom. The van der Waals surface area contributed by atoms with Crippen LogP contribution in [0.15, 0.2) is 78.9 Å². The fourth-order valence-electron chi connectivity index (χ4n) is 4.20. The molecule has 4 nitrogen and oxygen atoms in total. The van der Waals surface area contributed by atoms with Crippen LogP contribution >= 0.6 is 0 Å². The van der Waals surface area contributed by atoms with Crippen LogP contribution in [0.5, 0.6) is 0 Å². The summed E-state index contributed by atoms with van der Waals surface area (Å²) in [4.78, 5) is 15.6. The normalized spacial score (nSPS) is 13.4. The average molecular weight is 370 g/mol. The number of benzene rings is 3. The molecule has 1 unspecified atom stereocenters. The summed E-state index contributed by atoms with van der Waals surface area (Å²) in [6, 6.07) is 24.4. The standard InChI is InChI=1S/C24H22N2O2/c1-16-10-6-7-13-19(16)23(24(26(27)28)18-11-4-3-5-12-18)22-17(2)25-21-15-9-8-14-20(21)22/h3-15,23-25H,1-2H3/t23-,24?/m0/s1. The van der Waals surface area contributed by atoms with Crippen molar-refractivity contribution in [2.75, 3.05) is 0 Å². The van der Waals surface area contributed by atoms with Gasteiger partial charge in [0.15, 0.2) is 0 Å². The van der Waals surface area contributed by atoms with Gasteiger partial charge in [0, 0.05) is 27.1 Å². The van der Waals surface area contributed by atoms with E-state index in [1.807, 2.05) is 92.7 Å². The Kier molecular flexibility index (Phi) is 4.70. The van der Waals surface area contributed by atoms with Gasteiger partial charge in [0.05, 0.1) is 5.92 Å². The summed E-state index contributed by atoms with van der Waals surface area (Å²) in [5.41, 5.74) is 5.72. The molecule has 1 heterocycles. The molecule has 1 N–H and O–H groups in total. The van der Waals surface area contributed by atoms with Crippen molar-refractivity contribution in [2.24, 2.45) is 0 Å². The van der Waals surface area contributed by atoms with Crippen LogP contribution < -0.4 is 0 Å². The lowest BCUT2D eigenvalue weighted by Crippen LogP contribution is -2.22. The minimum absolute atomic E-state index is 0.145. The van der Waals surface area contributed by atoms with Gasteiger partial charge in [0.25, 0.3) is 0 Å². The number of para-hydroxylation sites is 1. The average Bonchev–Trinajstić information content (AvgIpc) is 3.02. The molecule has 0 fully saturated rings. The van der Waals surface area contributed by atoms with Gasteiger partial charge in [-0.05, 0) is 36.6 Å². The van der Waals surface area contributed by atoms with E-state index >= 15 is 0 Å². The smallest absolute Gasteiger partial charge is 0.248 e. The van der Waals surface area contributed by atoms with E-state index < -0.39 is 12.0 Å². The predicted octanol–water partition coefficient (Wildman–Crippen LogP) is 5.93. The van der Waals surface area contributed by atoms with Crippen LogP contribution in [0.1, 0.15) is 39.9 Å². The first-order valence-corrected chi connectivity index (χ1v) is 9.39. The van der Waals surface area contributed by atoms with Crippen LogP contribution in [0.3, 0.4) is 0 Å². The Hall–Kier alpha value is -3.40. The fourth-order valence-corrected chi connectivity index (χ4v) is 4.20. The molecule has 4 heteroatoms. The first kappa shape index (κ1) is 18.0. The topological polar surface area (TPSA) is 58.9 Å². The highest BCUT2D eigenvalue weighted by Gasteiger charge is 2.38. The number of hydrogen-bond acceptors (Lipinski definition) is 2. The number of aromatic nitrogens is 1. The zero-order valence-electron chi connectivity index (χ0n) is 15.9. The molecule has 0 saturated heterocycles. The quantitative estimate of drug-likeness (QED) is 0.349. The Morgan fingerprint density at radius 3 is 2.21 bits per heavy atom. The van der Waals surface area contributed by atoms with Crippen molar-refractivity contribution in [2.45, 2.75) is 25.8 Å². The summed E-state index contributed by atoms with van der Waals surface area (Å²) in [5.74, 6) is -0.394. The number of fused-ring (bicyclic) bond motifs is 1. The van der Waals surface area contributed by atoms with Crippen LogP contribution in [0.4, 0.5) is 0 Å². The molecule has 2 atom stereocenters. The third-order valence-electron chi connectivity index (χ3n) is 5.46. The second-order valence-corrected chi connectivity index (χ2v) is 7.18. The number of H-pyrrole nitrogens is 1. The summed E-state index contributed by atoms with van der Waals surface area (Å²) in [5, 5.41) is 13.4. The highest BCUT2D eigenvalue weighted by Crippen LogP contribution is 2.44. The Bertz CT molecular complexity index is 1130. The molecular weight excluding hydrogens is 348 g/mol. The first-order valence-electron chi connectivity index (χ1n) is 9.39. The van der Waals surface area contributed by atoms with Crippen molar-refractivity contribution in [3.8, 4) is 0 Å². The van der Waals surface area contributed by atoms with Gasteiger partial charge in [0.2, 0.25) is 6.04 Å². The molecule has 0 aliphatic heterocycles. The summed E-state index contributed by atoms with van der Waals surface area (Å²) in [6.45, 7) is 4.02. The minimum Gasteiger partial charge on any atom is -0.358 e. The summed E-state index contributed by atoms with van der Waals surface area (Å²) in [7, 11) is 0. The summed E-state index contributed by atoms with van der Waals surface area (Å²) < 4.78 is 0. The largest absolute Gasteiger partial charge is 0.358 e. The van der Waals surface area contributed by atoms with Crippen molar-refractivity contribution in [3.05, 3.63) is 117 Å². The van der Waals surface area contributed by atoms with E-state index in [0.29, 0.717) is 5.56 Å². The fraction of sp³-hybridized carbons (Fsp3) is 0.167. The maximum atomic E-state index is 12.4. The highest BCUT2D eigenvalue weighted by molar-refractivity contribution is 5.86. The van der Waals surface area contributed by atoms with Gasteiger partial charge in [-0.3, -0.25) is 10.1 Å². The van der Waals surface area contributed by atoms with Crippen molar-refractivity contribution < 1.29 is 4.92 Å². The number of aromatic amines is 1. The summed E-state index contributed by atoms with van der Waals surface area (Å²) in [6.07, 6.45) is 0. The molecule has 0 aliphatic carbocycles. The molecule has 140 valence electrons. The van der Waals surface area contributed by atoms with Crippen LogP contribution in [-0.4, -0.2) is 9.91 Å². The molecule has 0 bridgehead atoms. The zero-order valence-corrected chi connectivity index (χ0v) is 15.9. The van der Waals surface area contributed by atoms with E-state index in [2.05, 4.69) is 4.98 Å². The molecule has 0 spiro atoms. The van der Waals surface area contributed by atoms with Crippen LogP contribution in [0, 0.1) is 24.0 Å². The second kappa shape index (κ2) is 7.31. The number of rotatable bonds is 5. The molecule has 1 aromatic heterocycles. The maximum absolute atomic E-state index is 12.4. The number of hydrogen-bond donors (Lipinski definition) is 1. The number of nitrogens with zero attached hydrogens (tertiary/aromatic N) is 1. The minimum atomic E-state index is -0.875. The lowest BCUT2D eigenvalue weighted by atomic mass is 9.79. The van der Waals surface area contributed by atoms with Crippen molar-refractivity contribution >= 4 is 10.9 Å². The Balaban J connectivity index is 2.04. The van der Waals surface area contributed by atoms with Gasteiger partial charge in [-0.25, -0.2) is 0 Å². The highest BCUT2D eigenvalue weighted by atomic mass is 16.6. The molecule has 0 saturated carbocycles. The van der Waals surface area contributed by atoms with E-state index in [9.17, 15) is 10.1 Å². The van der Waals surface area contributed by atoms with Crippen molar-refractivity contribution in [1.29, 1.82) is 0 Å². The van der Waals surface area contributed by atoms with Gasteiger partial charge < -0.3 is 4.98 Å². The van der Waals surface area contributed by atoms with Crippen molar-refractivity contribution in [3.63, 3.8) is 0 Å². The molecule has 28 heavy (non-hydrogen) atoms. The number of aryl methyl sites for hydroxylation is 2. The van der Waals surface area contributed by atoms with Gasteiger partial charge in [-0.1, -0.05) is 72.8 Å². The SMILES string of the molecule is Cc1ccccc1[C@@H](c1c(C)[nH]c2ccccc12)C(c1ccccc1)[N+](=O)[O-]. The van der Waals surface area contributed by atoms with Gasteiger partial charge in [0.1, 0.15) is 0 Å². The van der Waals surface area contributed by atoms with Crippen LogP contribution in [0.25, 0.3) is 10.9 Å².